The molecule has 0 saturated carbocycles. The van der Waals surface area contributed by atoms with Crippen molar-refractivity contribution >= 4 is 0 Å². The molecule has 4 nitrogen and oxygen atoms in total. The molecule has 0 amide bonds. The summed E-state index contributed by atoms with van der Waals surface area (Å²) < 4.78 is 7.09. The van der Waals surface area contributed by atoms with Crippen LogP contribution in [0.5, 0.6) is 0 Å². The van der Waals surface area contributed by atoms with Crippen molar-refractivity contribution in [3.05, 3.63) is 11.9 Å². The lowest BCUT2D eigenvalue weighted by Crippen LogP contribution is -2.31. The molecular weight excluding hydrogens is 142 g/mol. The fraction of sp³-hybridized carbons (Fsp3) is 0.714. The van der Waals surface area contributed by atoms with Crippen molar-refractivity contribution in [2.24, 2.45) is 0 Å². The van der Waals surface area contributed by atoms with Gasteiger partial charge in [-0.25, -0.2) is 4.68 Å². The van der Waals surface area contributed by atoms with Crippen molar-refractivity contribution in [2.75, 3.05) is 6.61 Å². The predicted molar refractivity (Wildman–Crippen MR) is 39.1 cm³/mol. The van der Waals surface area contributed by atoms with Crippen molar-refractivity contribution in [1.29, 1.82) is 0 Å². The van der Waals surface area contributed by atoms with Gasteiger partial charge in [-0.15, -0.1) is 5.10 Å². The van der Waals surface area contributed by atoms with Gasteiger partial charge in [0.1, 0.15) is 0 Å². The Morgan fingerprint density at radius 3 is 3.09 bits per heavy atom. The summed E-state index contributed by atoms with van der Waals surface area (Å²) in [6.45, 7) is 3.68. The van der Waals surface area contributed by atoms with Gasteiger partial charge in [0.15, 0.2) is 0 Å². The van der Waals surface area contributed by atoms with Crippen LogP contribution in [0.2, 0.25) is 0 Å². The maximum absolute atomic E-state index is 5.26. The molecule has 0 spiro atoms. The summed E-state index contributed by atoms with van der Waals surface area (Å²) in [5.74, 6) is 0. The third-order valence-electron chi connectivity index (χ3n) is 1.84. The quantitative estimate of drug-likeness (QED) is 0.616. The lowest BCUT2D eigenvalue weighted by atomic mass is 10.2. The molecule has 1 atom stereocenters. The summed E-state index contributed by atoms with van der Waals surface area (Å²) >= 11 is 0. The van der Waals surface area contributed by atoms with E-state index >= 15 is 0 Å². The van der Waals surface area contributed by atoms with Crippen LogP contribution in [0.4, 0.5) is 0 Å². The van der Waals surface area contributed by atoms with Crippen LogP contribution < -0.4 is 0 Å². The van der Waals surface area contributed by atoms with E-state index in [1.807, 2.05) is 17.8 Å². The highest BCUT2D eigenvalue weighted by atomic mass is 16.5. The molecule has 1 fully saturated rings. The standard InChI is InChI=1S/C7H11N3O/c1-6-4-10(9-8-6)5-7-2-3-11-7/h4,7H,2-3,5H2,1H3. The summed E-state index contributed by atoms with van der Waals surface area (Å²) in [6, 6.07) is 0. The first-order valence-corrected chi connectivity index (χ1v) is 3.83. The molecule has 0 aromatic carbocycles. The van der Waals surface area contributed by atoms with Crippen LogP contribution >= 0.6 is 0 Å². The van der Waals surface area contributed by atoms with Crippen molar-refractivity contribution in [3.8, 4) is 0 Å². The monoisotopic (exact) mass is 153 g/mol. The summed E-state index contributed by atoms with van der Waals surface area (Å²) in [6.07, 6.45) is 3.46. The molecule has 1 aromatic heterocycles. The minimum atomic E-state index is 0.371. The SMILES string of the molecule is Cc1cn(CC2CCO2)nn1. The zero-order valence-electron chi connectivity index (χ0n) is 6.53. The van der Waals surface area contributed by atoms with Gasteiger partial charge in [0.2, 0.25) is 0 Å². The lowest BCUT2D eigenvalue weighted by Gasteiger charge is -2.25. The van der Waals surface area contributed by atoms with Gasteiger partial charge < -0.3 is 4.74 Å². The van der Waals surface area contributed by atoms with Crippen LogP contribution in [-0.2, 0) is 11.3 Å². The van der Waals surface area contributed by atoms with E-state index in [9.17, 15) is 0 Å². The Balaban J connectivity index is 1.95. The van der Waals surface area contributed by atoms with Gasteiger partial charge in [0.05, 0.1) is 18.3 Å². The van der Waals surface area contributed by atoms with Crippen molar-refractivity contribution in [3.63, 3.8) is 0 Å². The number of ether oxygens (including phenoxy) is 1. The van der Waals surface area contributed by atoms with Gasteiger partial charge in [-0.1, -0.05) is 5.21 Å². The summed E-state index contributed by atoms with van der Waals surface area (Å²) in [5.41, 5.74) is 0.962. The minimum absolute atomic E-state index is 0.371. The van der Waals surface area contributed by atoms with Crippen LogP contribution in [0.1, 0.15) is 12.1 Å². The second kappa shape index (κ2) is 2.62. The van der Waals surface area contributed by atoms with Gasteiger partial charge in [0, 0.05) is 12.8 Å². The molecule has 0 N–H and O–H groups in total. The van der Waals surface area contributed by atoms with Gasteiger partial charge in [0.25, 0.3) is 0 Å². The van der Waals surface area contributed by atoms with E-state index < -0.39 is 0 Å². The first kappa shape index (κ1) is 6.79. The normalized spacial score (nSPS) is 23.2. The maximum atomic E-state index is 5.26. The van der Waals surface area contributed by atoms with E-state index in [2.05, 4.69) is 10.3 Å². The highest BCUT2D eigenvalue weighted by molar-refractivity contribution is 4.87. The zero-order valence-corrected chi connectivity index (χ0v) is 6.53. The number of aromatic nitrogens is 3. The second-order valence-electron chi connectivity index (χ2n) is 2.86. The smallest absolute Gasteiger partial charge is 0.0796 e. The Bertz CT molecular complexity index is 242. The fourth-order valence-corrected chi connectivity index (χ4v) is 1.12. The largest absolute Gasteiger partial charge is 0.376 e. The summed E-state index contributed by atoms with van der Waals surface area (Å²) in [5, 5.41) is 7.81. The molecule has 4 heteroatoms. The zero-order chi connectivity index (χ0) is 7.68. The topological polar surface area (TPSA) is 39.9 Å². The first-order chi connectivity index (χ1) is 5.34. The molecule has 1 unspecified atom stereocenters. The minimum Gasteiger partial charge on any atom is -0.376 e. The van der Waals surface area contributed by atoms with Crippen molar-refractivity contribution < 1.29 is 4.74 Å². The molecule has 1 aliphatic heterocycles. The molecule has 0 bridgehead atoms. The molecule has 2 heterocycles. The molecule has 1 aromatic rings. The number of hydrogen-bond acceptors (Lipinski definition) is 3. The van der Waals surface area contributed by atoms with Gasteiger partial charge >= 0.3 is 0 Å². The van der Waals surface area contributed by atoms with Crippen LogP contribution in [0, 0.1) is 6.92 Å². The molecule has 1 aliphatic rings. The van der Waals surface area contributed by atoms with E-state index in [1.165, 1.54) is 0 Å². The highest BCUT2D eigenvalue weighted by Gasteiger charge is 2.18. The average Bonchev–Trinajstić information content (AvgIpc) is 2.27. The molecule has 2 rings (SSSR count). The summed E-state index contributed by atoms with van der Waals surface area (Å²) in [7, 11) is 0. The number of rotatable bonds is 2. The van der Waals surface area contributed by atoms with Crippen LogP contribution in [0.15, 0.2) is 6.20 Å². The average molecular weight is 153 g/mol. The Hall–Kier alpha value is -0.900. The van der Waals surface area contributed by atoms with Gasteiger partial charge in [-0.3, -0.25) is 0 Å². The van der Waals surface area contributed by atoms with Crippen LogP contribution in [-0.4, -0.2) is 27.7 Å². The number of nitrogens with zero attached hydrogens (tertiary/aromatic N) is 3. The van der Waals surface area contributed by atoms with E-state index in [4.69, 9.17) is 4.74 Å². The summed E-state index contributed by atoms with van der Waals surface area (Å²) in [4.78, 5) is 0. The van der Waals surface area contributed by atoms with Crippen molar-refractivity contribution in [1.82, 2.24) is 15.0 Å². The predicted octanol–water partition coefficient (Wildman–Crippen LogP) is 0.375. The number of aryl methyl sites for hydroxylation is 1. The molecule has 60 valence electrons. The van der Waals surface area contributed by atoms with Gasteiger partial charge in [-0.2, -0.15) is 0 Å². The molecular formula is C7H11N3O. The van der Waals surface area contributed by atoms with Crippen LogP contribution in [0.25, 0.3) is 0 Å². The second-order valence-corrected chi connectivity index (χ2v) is 2.86. The third kappa shape index (κ3) is 1.40. The lowest BCUT2D eigenvalue weighted by molar-refractivity contribution is -0.0611. The van der Waals surface area contributed by atoms with Gasteiger partial charge in [-0.05, 0) is 13.3 Å². The Labute approximate surface area is 65.2 Å². The van der Waals surface area contributed by atoms with E-state index in [1.54, 1.807) is 0 Å². The Kier molecular flexibility index (Phi) is 1.62. The molecule has 11 heavy (non-hydrogen) atoms. The fourth-order valence-electron chi connectivity index (χ4n) is 1.12. The number of hydrogen-bond donors (Lipinski definition) is 0. The molecule has 0 radical (unpaired) electrons. The van der Waals surface area contributed by atoms with E-state index in [0.717, 1.165) is 25.3 Å². The Morgan fingerprint density at radius 1 is 1.82 bits per heavy atom. The first-order valence-electron chi connectivity index (χ1n) is 3.83. The maximum Gasteiger partial charge on any atom is 0.0796 e. The van der Waals surface area contributed by atoms with Crippen LogP contribution in [0.3, 0.4) is 0 Å². The van der Waals surface area contributed by atoms with E-state index in [-0.39, 0.29) is 0 Å². The van der Waals surface area contributed by atoms with E-state index in [0.29, 0.717) is 6.10 Å². The Morgan fingerprint density at radius 2 is 2.64 bits per heavy atom. The highest BCUT2D eigenvalue weighted by Crippen LogP contribution is 2.12. The third-order valence-corrected chi connectivity index (χ3v) is 1.84. The van der Waals surface area contributed by atoms with Crippen molar-refractivity contribution in [2.45, 2.75) is 26.0 Å². The molecule has 0 aliphatic carbocycles. The molecule has 1 saturated heterocycles.